The fourth-order valence-electron chi connectivity index (χ4n) is 1.51. The molecule has 2 heterocycles. The maximum absolute atomic E-state index is 11.8. The number of nitrogens with one attached hydrogen (secondary N) is 2. The standard InChI is InChI=1S/C11H11Cl2N5O/c12-8-4-7(5-9(13)17-8)11(19)14-3-1-2-10-15-6-16-18-10/h4-6H,1-3H2,(H,14,19)(H,15,16,18). The lowest BCUT2D eigenvalue weighted by atomic mass is 10.2. The molecule has 0 fully saturated rings. The normalized spacial score (nSPS) is 10.4. The van der Waals surface area contributed by atoms with Crippen LogP contribution in [0.5, 0.6) is 0 Å². The van der Waals surface area contributed by atoms with E-state index in [2.05, 4.69) is 25.5 Å². The first-order valence-corrected chi connectivity index (χ1v) is 6.36. The maximum atomic E-state index is 11.8. The molecule has 0 spiro atoms. The van der Waals surface area contributed by atoms with Gasteiger partial charge in [-0.25, -0.2) is 9.97 Å². The third kappa shape index (κ3) is 4.18. The van der Waals surface area contributed by atoms with Gasteiger partial charge in [0.25, 0.3) is 5.91 Å². The van der Waals surface area contributed by atoms with E-state index in [0.29, 0.717) is 12.1 Å². The molecule has 0 atom stereocenters. The minimum atomic E-state index is -0.233. The second-order valence-electron chi connectivity index (χ2n) is 3.79. The predicted molar refractivity (Wildman–Crippen MR) is 71.3 cm³/mol. The maximum Gasteiger partial charge on any atom is 0.251 e. The SMILES string of the molecule is O=C(NCCCc1ncn[nH]1)c1cc(Cl)nc(Cl)c1. The van der Waals surface area contributed by atoms with Crippen LogP contribution in [0.4, 0.5) is 0 Å². The van der Waals surface area contributed by atoms with E-state index in [1.165, 1.54) is 18.5 Å². The molecule has 0 aliphatic rings. The van der Waals surface area contributed by atoms with Gasteiger partial charge in [0.2, 0.25) is 0 Å². The van der Waals surface area contributed by atoms with Crippen molar-refractivity contribution in [3.8, 4) is 0 Å². The molecule has 100 valence electrons. The van der Waals surface area contributed by atoms with Crippen molar-refractivity contribution in [1.29, 1.82) is 0 Å². The number of hydrogen-bond donors (Lipinski definition) is 2. The van der Waals surface area contributed by atoms with Crippen LogP contribution < -0.4 is 5.32 Å². The third-order valence-corrected chi connectivity index (χ3v) is 2.75. The van der Waals surface area contributed by atoms with Crippen LogP contribution in [-0.2, 0) is 6.42 Å². The van der Waals surface area contributed by atoms with Gasteiger partial charge in [-0.05, 0) is 18.6 Å². The number of carbonyl (C=O) groups is 1. The highest BCUT2D eigenvalue weighted by Crippen LogP contribution is 2.14. The summed E-state index contributed by atoms with van der Waals surface area (Å²) in [7, 11) is 0. The molecule has 8 heteroatoms. The molecule has 0 radical (unpaired) electrons. The van der Waals surface area contributed by atoms with Crippen LogP contribution in [0.3, 0.4) is 0 Å². The van der Waals surface area contributed by atoms with Gasteiger partial charge in [-0.3, -0.25) is 9.89 Å². The molecule has 0 aliphatic heterocycles. The Morgan fingerprint density at radius 1 is 1.32 bits per heavy atom. The summed E-state index contributed by atoms with van der Waals surface area (Å²) in [6, 6.07) is 2.94. The van der Waals surface area contributed by atoms with Gasteiger partial charge in [0, 0.05) is 18.5 Å². The Morgan fingerprint density at radius 3 is 2.68 bits per heavy atom. The Kier molecular flexibility index (Phi) is 4.70. The zero-order chi connectivity index (χ0) is 13.7. The lowest BCUT2D eigenvalue weighted by Gasteiger charge is -2.05. The van der Waals surface area contributed by atoms with Crippen molar-refractivity contribution in [3.63, 3.8) is 0 Å². The summed E-state index contributed by atoms with van der Waals surface area (Å²) >= 11 is 11.5. The summed E-state index contributed by atoms with van der Waals surface area (Å²) in [5.74, 6) is 0.563. The van der Waals surface area contributed by atoms with Crippen molar-refractivity contribution in [3.05, 3.63) is 40.2 Å². The number of hydrogen-bond acceptors (Lipinski definition) is 4. The number of nitrogens with zero attached hydrogens (tertiary/aromatic N) is 3. The van der Waals surface area contributed by atoms with E-state index in [-0.39, 0.29) is 16.2 Å². The molecule has 2 aromatic heterocycles. The number of halogens is 2. The van der Waals surface area contributed by atoms with E-state index in [0.717, 1.165) is 18.7 Å². The van der Waals surface area contributed by atoms with Crippen molar-refractivity contribution in [1.82, 2.24) is 25.5 Å². The number of H-pyrrole nitrogens is 1. The van der Waals surface area contributed by atoms with Crippen molar-refractivity contribution < 1.29 is 4.79 Å². The van der Waals surface area contributed by atoms with Gasteiger partial charge in [0.05, 0.1) is 0 Å². The van der Waals surface area contributed by atoms with Gasteiger partial charge in [-0.1, -0.05) is 23.2 Å². The highest BCUT2D eigenvalue weighted by molar-refractivity contribution is 6.33. The van der Waals surface area contributed by atoms with Crippen molar-refractivity contribution >= 4 is 29.1 Å². The summed E-state index contributed by atoms with van der Waals surface area (Å²) in [5.41, 5.74) is 0.393. The minimum absolute atomic E-state index is 0.194. The van der Waals surface area contributed by atoms with Gasteiger partial charge in [-0.15, -0.1) is 0 Å². The highest BCUT2D eigenvalue weighted by Gasteiger charge is 2.08. The first-order valence-electron chi connectivity index (χ1n) is 5.60. The number of aromatic nitrogens is 4. The number of carbonyl (C=O) groups excluding carboxylic acids is 1. The molecule has 0 aliphatic carbocycles. The molecular formula is C11H11Cl2N5O. The molecule has 2 aromatic rings. The molecular weight excluding hydrogens is 289 g/mol. The Labute approximate surface area is 119 Å². The van der Waals surface area contributed by atoms with E-state index in [4.69, 9.17) is 23.2 Å². The molecule has 2 N–H and O–H groups in total. The van der Waals surface area contributed by atoms with Crippen molar-refractivity contribution in [2.24, 2.45) is 0 Å². The number of pyridine rings is 1. The van der Waals surface area contributed by atoms with Crippen LogP contribution in [0.25, 0.3) is 0 Å². The molecule has 6 nitrogen and oxygen atoms in total. The second kappa shape index (κ2) is 6.49. The fraction of sp³-hybridized carbons (Fsp3) is 0.273. The van der Waals surface area contributed by atoms with Crippen LogP contribution in [0, 0.1) is 0 Å². The summed E-state index contributed by atoms with van der Waals surface area (Å²) in [6.07, 6.45) is 2.93. The average Bonchev–Trinajstić information content (AvgIpc) is 2.86. The van der Waals surface area contributed by atoms with Crippen LogP contribution in [0.1, 0.15) is 22.6 Å². The fourth-order valence-corrected chi connectivity index (χ4v) is 1.97. The second-order valence-corrected chi connectivity index (χ2v) is 4.57. The Morgan fingerprint density at radius 2 is 2.05 bits per heavy atom. The van der Waals surface area contributed by atoms with Crippen LogP contribution in [-0.4, -0.2) is 32.6 Å². The highest BCUT2D eigenvalue weighted by atomic mass is 35.5. The van der Waals surface area contributed by atoms with Crippen LogP contribution >= 0.6 is 23.2 Å². The lowest BCUT2D eigenvalue weighted by Crippen LogP contribution is -2.25. The van der Waals surface area contributed by atoms with Gasteiger partial charge in [0.1, 0.15) is 22.5 Å². The van der Waals surface area contributed by atoms with E-state index in [1.807, 2.05) is 0 Å². The van der Waals surface area contributed by atoms with Gasteiger partial charge in [0.15, 0.2) is 0 Å². The molecule has 0 unspecified atom stereocenters. The molecule has 0 aromatic carbocycles. The molecule has 1 amide bonds. The monoisotopic (exact) mass is 299 g/mol. The van der Waals surface area contributed by atoms with Crippen LogP contribution in [0.15, 0.2) is 18.5 Å². The average molecular weight is 300 g/mol. The summed E-state index contributed by atoms with van der Waals surface area (Å²) < 4.78 is 0. The summed E-state index contributed by atoms with van der Waals surface area (Å²) in [6.45, 7) is 0.525. The Balaban J connectivity index is 1.80. The van der Waals surface area contributed by atoms with Crippen molar-refractivity contribution in [2.75, 3.05) is 6.54 Å². The topological polar surface area (TPSA) is 83.6 Å². The lowest BCUT2D eigenvalue weighted by molar-refractivity contribution is 0.0953. The van der Waals surface area contributed by atoms with E-state index in [1.54, 1.807) is 0 Å². The molecule has 0 bridgehead atoms. The van der Waals surface area contributed by atoms with Gasteiger partial charge < -0.3 is 5.32 Å². The zero-order valence-corrected chi connectivity index (χ0v) is 11.4. The number of aromatic amines is 1. The quantitative estimate of drug-likeness (QED) is 0.652. The number of rotatable bonds is 5. The largest absolute Gasteiger partial charge is 0.352 e. The minimum Gasteiger partial charge on any atom is -0.352 e. The van der Waals surface area contributed by atoms with E-state index < -0.39 is 0 Å². The van der Waals surface area contributed by atoms with E-state index in [9.17, 15) is 4.79 Å². The van der Waals surface area contributed by atoms with Crippen LogP contribution in [0.2, 0.25) is 10.3 Å². The predicted octanol–water partition coefficient (Wildman–Crippen LogP) is 1.87. The first kappa shape index (κ1) is 13.8. The first-order chi connectivity index (χ1) is 9.15. The van der Waals surface area contributed by atoms with Gasteiger partial charge >= 0.3 is 0 Å². The smallest absolute Gasteiger partial charge is 0.251 e. The Hall–Kier alpha value is -1.66. The third-order valence-electron chi connectivity index (χ3n) is 2.37. The summed E-state index contributed by atoms with van der Waals surface area (Å²) in [5, 5.41) is 9.66. The Bertz CT molecular complexity index is 538. The van der Waals surface area contributed by atoms with Crippen molar-refractivity contribution in [2.45, 2.75) is 12.8 Å². The summed E-state index contributed by atoms with van der Waals surface area (Å²) in [4.78, 5) is 19.6. The van der Waals surface area contributed by atoms with E-state index >= 15 is 0 Å². The molecule has 0 saturated carbocycles. The molecule has 2 rings (SSSR count). The number of amides is 1. The molecule has 0 saturated heterocycles. The van der Waals surface area contributed by atoms with Gasteiger partial charge in [-0.2, -0.15) is 5.10 Å². The molecule has 19 heavy (non-hydrogen) atoms. The number of aryl methyl sites for hydroxylation is 1. The zero-order valence-electron chi connectivity index (χ0n) is 9.86.